The Bertz CT molecular complexity index is 596. The Labute approximate surface area is 130 Å². The minimum absolute atomic E-state index is 0.0199. The highest BCUT2D eigenvalue weighted by Crippen LogP contribution is 2.37. The molecule has 0 heterocycles. The zero-order chi connectivity index (χ0) is 15.5. The van der Waals surface area contributed by atoms with Crippen molar-refractivity contribution in [2.75, 3.05) is 5.32 Å². The molecular formula is C16H15BrF3N. The fourth-order valence-corrected chi connectivity index (χ4v) is 2.61. The molecule has 1 unspecified atom stereocenters. The molecule has 2 rings (SSSR count). The fraction of sp³-hybridized carbons (Fsp3) is 0.250. The van der Waals surface area contributed by atoms with Crippen LogP contribution in [0.5, 0.6) is 0 Å². The first-order chi connectivity index (χ1) is 9.91. The Morgan fingerprint density at radius 3 is 2.33 bits per heavy atom. The van der Waals surface area contributed by atoms with Crippen molar-refractivity contribution >= 4 is 21.6 Å². The van der Waals surface area contributed by atoms with E-state index in [0.717, 1.165) is 18.1 Å². The maximum Gasteiger partial charge on any atom is 0.417 e. The summed E-state index contributed by atoms with van der Waals surface area (Å²) < 4.78 is 38.8. The van der Waals surface area contributed by atoms with Crippen molar-refractivity contribution in [3.63, 3.8) is 0 Å². The van der Waals surface area contributed by atoms with E-state index < -0.39 is 11.7 Å². The van der Waals surface area contributed by atoms with E-state index >= 15 is 0 Å². The highest BCUT2D eigenvalue weighted by molar-refractivity contribution is 9.10. The number of halogens is 4. The second-order valence-electron chi connectivity index (χ2n) is 4.71. The summed E-state index contributed by atoms with van der Waals surface area (Å²) in [6.45, 7) is 1.99. The van der Waals surface area contributed by atoms with Gasteiger partial charge in [0.2, 0.25) is 0 Å². The molecule has 0 spiro atoms. The fourth-order valence-electron chi connectivity index (χ4n) is 2.14. The average molecular weight is 358 g/mol. The smallest absolute Gasteiger partial charge is 0.378 e. The predicted molar refractivity (Wildman–Crippen MR) is 82.2 cm³/mol. The van der Waals surface area contributed by atoms with Crippen molar-refractivity contribution in [2.24, 2.45) is 0 Å². The average Bonchev–Trinajstić information content (AvgIpc) is 2.46. The van der Waals surface area contributed by atoms with Gasteiger partial charge in [-0.25, -0.2) is 0 Å². The number of benzene rings is 2. The van der Waals surface area contributed by atoms with Gasteiger partial charge in [0.15, 0.2) is 0 Å². The van der Waals surface area contributed by atoms with E-state index in [-0.39, 0.29) is 10.5 Å². The van der Waals surface area contributed by atoms with Crippen LogP contribution in [0.4, 0.5) is 18.9 Å². The molecular weight excluding hydrogens is 343 g/mol. The van der Waals surface area contributed by atoms with Crippen LogP contribution in [0.1, 0.15) is 30.5 Å². The third kappa shape index (κ3) is 4.00. The van der Waals surface area contributed by atoms with E-state index in [1.165, 1.54) is 6.07 Å². The molecule has 1 atom stereocenters. The van der Waals surface area contributed by atoms with Crippen molar-refractivity contribution in [2.45, 2.75) is 25.6 Å². The predicted octanol–water partition coefficient (Wildman–Crippen LogP) is 6.03. The number of nitrogens with one attached hydrogen (secondary N) is 1. The molecule has 0 aliphatic carbocycles. The van der Waals surface area contributed by atoms with Gasteiger partial charge in [-0.2, -0.15) is 13.2 Å². The lowest BCUT2D eigenvalue weighted by Gasteiger charge is -2.20. The van der Waals surface area contributed by atoms with Crippen molar-refractivity contribution in [3.8, 4) is 0 Å². The van der Waals surface area contributed by atoms with Gasteiger partial charge < -0.3 is 5.32 Å². The van der Waals surface area contributed by atoms with Gasteiger partial charge in [0.05, 0.1) is 11.6 Å². The van der Waals surface area contributed by atoms with Crippen LogP contribution in [0.3, 0.4) is 0 Å². The van der Waals surface area contributed by atoms with E-state index in [4.69, 9.17) is 0 Å². The third-order valence-corrected chi connectivity index (χ3v) is 3.91. The van der Waals surface area contributed by atoms with E-state index in [1.807, 2.05) is 37.3 Å². The molecule has 112 valence electrons. The quantitative estimate of drug-likeness (QED) is 0.704. The molecule has 1 nitrogen and oxygen atoms in total. The van der Waals surface area contributed by atoms with Gasteiger partial charge >= 0.3 is 6.18 Å². The first-order valence-corrected chi connectivity index (χ1v) is 7.39. The number of hydrogen-bond acceptors (Lipinski definition) is 1. The molecule has 0 saturated heterocycles. The van der Waals surface area contributed by atoms with E-state index in [9.17, 15) is 13.2 Å². The number of alkyl halides is 3. The van der Waals surface area contributed by atoms with Gasteiger partial charge in [0, 0.05) is 10.2 Å². The van der Waals surface area contributed by atoms with Gasteiger partial charge in [-0.05, 0) is 30.2 Å². The normalized spacial score (nSPS) is 13.0. The summed E-state index contributed by atoms with van der Waals surface area (Å²) in [5, 5.41) is 3.16. The molecule has 2 aromatic carbocycles. The Morgan fingerprint density at radius 1 is 1.10 bits per heavy atom. The molecule has 0 fully saturated rings. The van der Waals surface area contributed by atoms with Crippen molar-refractivity contribution in [1.29, 1.82) is 0 Å². The summed E-state index contributed by atoms with van der Waals surface area (Å²) >= 11 is 2.95. The monoisotopic (exact) mass is 357 g/mol. The molecule has 2 aromatic rings. The first kappa shape index (κ1) is 15.9. The van der Waals surface area contributed by atoms with Gasteiger partial charge in [0.1, 0.15) is 0 Å². The maximum absolute atomic E-state index is 12.9. The summed E-state index contributed by atoms with van der Waals surface area (Å²) in [4.78, 5) is 0. The highest BCUT2D eigenvalue weighted by Gasteiger charge is 2.33. The van der Waals surface area contributed by atoms with Crippen molar-refractivity contribution in [1.82, 2.24) is 0 Å². The topological polar surface area (TPSA) is 12.0 Å². The third-order valence-electron chi connectivity index (χ3n) is 3.22. The molecule has 1 N–H and O–H groups in total. The van der Waals surface area contributed by atoms with E-state index in [2.05, 4.69) is 21.2 Å². The molecule has 0 amide bonds. The van der Waals surface area contributed by atoms with Gasteiger partial charge in [0.25, 0.3) is 0 Å². The second kappa shape index (κ2) is 6.52. The molecule has 0 aliphatic rings. The number of anilines is 1. The van der Waals surface area contributed by atoms with Gasteiger partial charge in [-0.3, -0.25) is 0 Å². The molecule has 0 bridgehead atoms. The summed E-state index contributed by atoms with van der Waals surface area (Å²) in [5.41, 5.74) is 0.841. The lowest BCUT2D eigenvalue weighted by molar-refractivity contribution is -0.138. The minimum Gasteiger partial charge on any atom is -0.378 e. The van der Waals surface area contributed by atoms with Crippen LogP contribution in [-0.2, 0) is 6.18 Å². The maximum atomic E-state index is 12.9. The van der Waals surface area contributed by atoms with Gasteiger partial charge in [-0.15, -0.1) is 0 Å². The van der Waals surface area contributed by atoms with Gasteiger partial charge in [-0.1, -0.05) is 53.2 Å². The molecule has 21 heavy (non-hydrogen) atoms. The zero-order valence-electron chi connectivity index (χ0n) is 11.4. The molecule has 5 heteroatoms. The minimum atomic E-state index is -4.37. The Kier molecular flexibility index (Phi) is 4.93. The molecule has 0 radical (unpaired) electrons. The van der Waals surface area contributed by atoms with E-state index in [0.29, 0.717) is 5.69 Å². The largest absolute Gasteiger partial charge is 0.417 e. The number of hydrogen-bond donors (Lipinski definition) is 1. The molecule has 0 aromatic heterocycles. The van der Waals surface area contributed by atoms with Crippen LogP contribution in [0.15, 0.2) is 53.0 Å². The van der Waals surface area contributed by atoms with Crippen LogP contribution < -0.4 is 5.32 Å². The second-order valence-corrected chi connectivity index (χ2v) is 5.56. The Hall–Kier alpha value is -1.49. The van der Waals surface area contributed by atoms with Crippen LogP contribution in [-0.4, -0.2) is 0 Å². The Morgan fingerprint density at radius 2 is 1.76 bits per heavy atom. The SMILES string of the molecule is CCC(Nc1ccc(Br)c(C(F)(F)F)c1)c1ccccc1. The standard InChI is InChI=1S/C16H15BrF3N/c1-2-15(11-6-4-3-5-7-11)21-12-8-9-14(17)13(10-12)16(18,19)20/h3-10,15,21H,2H2,1H3. The summed E-state index contributed by atoms with van der Waals surface area (Å²) in [6, 6.07) is 13.9. The zero-order valence-corrected chi connectivity index (χ0v) is 13.0. The molecule has 0 saturated carbocycles. The van der Waals surface area contributed by atoms with Crippen molar-refractivity contribution < 1.29 is 13.2 Å². The molecule has 0 aliphatic heterocycles. The summed E-state index contributed by atoms with van der Waals surface area (Å²) in [7, 11) is 0. The van der Waals surface area contributed by atoms with Crippen LogP contribution in [0, 0.1) is 0 Å². The summed E-state index contributed by atoms with van der Waals surface area (Å²) in [6.07, 6.45) is -3.59. The van der Waals surface area contributed by atoms with E-state index in [1.54, 1.807) is 6.07 Å². The summed E-state index contributed by atoms with van der Waals surface area (Å²) in [5.74, 6) is 0. The highest BCUT2D eigenvalue weighted by atomic mass is 79.9. The Balaban J connectivity index is 2.27. The lowest BCUT2D eigenvalue weighted by atomic mass is 10.0. The van der Waals surface area contributed by atoms with Crippen molar-refractivity contribution in [3.05, 3.63) is 64.1 Å². The first-order valence-electron chi connectivity index (χ1n) is 6.60. The lowest BCUT2D eigenvalue weighted by Crippen LogP contribution is -2.11. The van der Waals surface area contributed by atoms with Crippen LogP contribution in [0.2, 0.25) is 0 Å². The number of rotatable bonds is 4. The van der Waals surface area contributed by atoms with Crippen LogP contribution in [0.25, 0.3) is 0 Å². The van der Waals surface area contributed by atoms with Crippen LogP contribution >= 0.6 is 15.9 Å².